The Hall–Kier alpha value is -3.60. The van der Waals surface area contributed by atoms with Crippen LogP contribution in [0.15, 0.2) is 42.0 Å². The number of ether oxygens (including phenoxy) is 1. The Kier molecular flexibility index (Phi) is 5.22. The van der Waals surface area contributed by atoms with Crippen LogP contribution in [0.5, 0.6) is 0 Å². The minimum atomic E-state index is -1.11. The molecule has 0 aliphatic heterocycles. The number of nitrogens with zero attached hydrogens (tertiary/aromatic N) is 4. The third kappa shape index (κ3) is 3.98. The topological polar surface area (TPSA) is 142 Å². The zero-order chi connectivity index (χ0) is 19.4. The molecule has 138 valence electrons. The van der Waals surface area contributed by atoms with Crippen LogP contribution < -0.4 is 11.1 Å². The molecule has 10 nitrogen and oxygen atoms in total. The Balaban J connectivity index is 1.72. The predicted octanol–water partition coefficient (Wildman–Crippen LogP) is 1.01. The van der Waals surface area contributed by atoms with Crippen molar-refractivity contribution in [3.63, 3.8) is 0 Å². The average molecular weight is 386 g/mol. The van der Waals surface area contributed by atoms with Crippen molar-refractivity contribution < 1.29 is 19.1 Å². The molecule has 2 aromatic heterocycles. The molecule has 27 heavy (non-hydrogen) atoms. The monoisotopic (exact) mass is 386 g/mol. The molecule has 3 aromatic rings. The van der Waals surface area contributed by atoms with Gasteiger partial charge in [0.05, 0.1) is 16.8 Å². The summed E-state index contributed by atoms with van der Waals surface area (Å²) in [5, 5.41) is 15.3. The van der Waals surface area contributed by atoms with Gasteiger partial charge in [0, 0.05) is 0 Å². The molecule has 0 saturated heterocycles. The van der Waals surface area contributed by atoms with E-state index in [-0.39, 0.29) is 11.1 Å². The number of esters is 1. The maximum absolute atomic E-state index is 12.5. The van der Waals surface area contributed by atoms with Gasteiger partial charge in [0.2, 0.25) is 0 Å². The van der Waals surface area contributed by atoms with Gasteiger partial charge < -0.3 is 15.8 Å². The number of aromatic nitrogens is 4. The van der Waals surface area contributed by atoms with Crippen molar-refractivity contribution in [3.05, 3.63) is 53.2 Å². The third-order valence-corrected chi connectivity index (χ3v) is 4.37. The second-order valence-electron chi connectivity index (χ2n) is 5.34. The van der Waals surface area contributed by atoms with E-state index in [4.69, 9.17) is 10.5 Å². The third-order valence-electron chi connectivity index (χ3n) is 3.54. The lowest BCUT2D eigenvalue weighted by Gasteiger charge is -2.14. The molecule has 0 fully saturated rings. The Morgan fingerprint density at radius 3 is 2.70 bits per heavy atom. The molecule has 0 spiro atoms. The quantitative estimate of drug-likeness (QED) is 0.602. The normalized spacial score (nSPS) is 11.6. The summed E-state index contributed by atoms with van der Waals surface area (Å²) in [7, 11) is 0. The maximum atomic E-state index is 12.5. The highest BCUT2D eigenvalue weighted by Crippen LogP contribution is 2.23. The number of tetrazole rings is 1. The summed E-state index contributed by atoms with van der Waals surface area (Å²) in [6.07, 6.45) is 0.229. The fraction of sp³-hybridized carbons (Fsp3) is 0.125. The standard InChI is InChI=1S/C16H14N6O4S/c1-9(14(24)19-15-11(13(17)23)6-7-27-15)26-16(25)10-4-2-3-5-12(10)22-8-18-20-21-22/h2-9H,1H3,(H2,17,23)(H,19,24)/t9-/m0/s1. The van der Waals surface area contributed by atoms with Gasteiger partial charge in [0.15, 0.2) is 6.10 Å². The fourth-order valence-electron chi connectivity index (χ4n) is 2.21. The second-order valence-corrected chi connectivity index (χ2v) is 6.25. The summed E-state index contributed by atoms with van der Waals surface area (Å²) in [5.74, 6) is -1.97. The molecular weight excluding hydrogens is 372 g/mol. The first-order chi connectivity index (χ1) is 13.0. The highest BCUT2D eigenvalue weighted by atomic mass is 32.1. The second kappa shape index (κ2) is 7.74. The summed E-state index contributed by atoms with van der Waals surface area (Å²) in [4.78, 5) is 36.1. The first-order valence-electron chi connectivity index (χ1n) is 7.69. The predicted molar refractivity (Wildman–Crippen MR) is 95.5 cm³/mol. The zero-order valence-corrected chi connectivity index (χ0v) is 14.8. The van der Waals surface area contributed by atoms with Gasteiger partial charge in [-0.15, -0.1) is 16.4 Å². The van der Waals surface area contributed by atoms with E-state index >= 15 is 0 Å². The van der Waals surface area contributed by atoms with Crippen LogP contribution in [0.25, 0.3) is 5.69 Å². The molecular formula is C16H14N6O4S. The van der Waals surface area contributed by atoms with Crippen molar-refractivity contribution in [2.75, 3.05) is 5.32 Å². The summed E-state index contributed by atoms with van der Waals surface area (Å²) in [6.45, 7) is 1.42. The highest BCUT2D eigenvalue weighted by Gasteiger charge is 2.23. The van der Waals surface area contributed by atoms with E-state index in [2.05, 4.69) is 20.8 Å². The Labute approximate surface area is 156 Å². The minimum Gasteiger partial charge on any atom is -0.449 e. The molecule has 3 rings (SSSR count). The Morgan fingerprint density at radius 2 is 2.00 bits per heavy atom. The average Bonchev–Trinajstić information content (AvgIpc) is 3.33. The van der Waals surface area contributed by atoms with Crippen molar-refractivity contribution in [1.82, 2.24) is 20.2 Å². The number of anilines is 1. The fourth-order valence-corrected chi connectivity index (χ4v) is 3.00. The number of carbonyl (C=O) groups is 3. The lowest BCUT2D eigenvalue weighted by Crippen LogP contribution is -2.30. The van der Waals surface area contributed by atoms with Gasteiger partial charge >= 0.3 is 5.97 Å². The summed E-state index contributed by atoms with van der Waals surface area (Å²) in [6, 6.07) is 8.05. The first-order valence-corrected chi connectivity index (χ1v) is 8.57. The molecule has 0 aliphatic carbocycles. The largest absolute Gasteiger partial charge is 0.449 e. The van der Waals surface area contributed by atoms with Crippen molar-refractivity contribution in [1.29, 1.82) is 0 Å². The van der Waals surface area contributed by atoms with E-state index in [0.29, 0.717) is 10.7 Å². The summed E-state index contributed by atoms with van der Waals surface area (Å²) in [5.41, 5.74) is 6.04. The lowest BCUT2D eigenvalue weighted by atomic mass is 10.2. The molecule has 1 atom stereocenters. The van der Waals surface area contributed by atoms with E-state index in [1.54, 1.807) is 23.6 Å². The summed E-state index contributed by atoms with van der Waals surface area (Å²) < 4.78 is 6.55. The molecule has 0 radical (unpaired) electrons. The van der Waals surface area contributed by atoms with Crippen molar-refractivity contribution in [2.45, 2.75) is 13.0 Å². The van der Waals surface area contributed by atoms with Gasteiger partial charge in [0.25, 0.3) is 11.8 Å². The number of para-hydroxylation sites is 1. The van der Waals surface area contributed by atoms with Gasteiger partial charge in [-0.3, -0.25) is 9.59 Å². The van der Waals surface area contributed by atoms with Crippen molar-refractivity contribution in [3.8, 4) is 5.69 Å². The van der Waals surface area contributed by atoms with Crippen LogP contribution in [0.1, 0.15) is 27.6 Å². The number of benzene rings is 1. The molecule has 2 amide bonds. The first kappa shape index (κ1) is 18.2. The Morgan fingerprint density at radius 1 is 1.22 bits per heavy atom. The molecule has 3 N–H and O–H groups in total. The van der Waals surface area contributed by atoms with E-state index in [9.17, 15) is 14.4 Å². The number of thiophene rings is 1. The lowest BCUT2D eigenvalue weighted by molar-refractivity contribution is -0.123. The van der Waals surface area contributed by atoms with E-state index < -0.39 is 23.9 Å². The van der Waals surface area contributed by atoms with Crippen LogP contribution in [-0.4, -0.2) is 44.1 Å². The molecule has 2 heterocycles. The smallest absolute Gasteiger partial charge is 0.341 e. The molecule has 0 saturated carbocycles. The molecule has 0 bridgehead atoms. The highest BCUT2D eigenvalue weighted by molar-refractivity contribution is 7.14. The number of nitrogens with one attached hydrogen (secondary N) is 1. The number of rotatable bonds is 6. The van der Waals surface area contributed by atoms with Crippen LogP contribution in [0.4, 0.5) is 5.00 Å². The number of carbonyl (C=O) groups excluding carboxylic acids is 3. The number of amides is 2. The Bertz CT molecular complexity index is 984. The number of hydrogen-bond acceptors (Lipinski definition) is 8. The van der Waals surface area contributed by atoms with Crippen LogP contribution in [-0.2, 0) is 9.53 Å². The van der Waals surface area contributed by atoms with Crippen LogP contribution >= 0.6 is 11.3 Å². The van der Waals surface area contributed by atoms with Crippen LogP contribution in [0.2, 0.25) is 0 Å². The van der Waals surface area contributed by atoms with E-state index in [0.717, 1.165) is 11.3 Å². The van der Waals surface area contributed by atoms with Crippen LogP contribution in [0.3, 0.4) is 0 Å². The van der Waals surface area contributed by atoms with Crippen molar-refractivity contribution in [2.24, 2.45) is 5.73 Å². The van der Waals surface area contributed by atoms with Gasteiger partial charge in [-0.2, -0.15) is 4.68 Å². The van der Waals surface area contributed by atoms with Gasteiger partial charge in [-0.05, 0) is 40.9 Å². The SMILES string of the molecule is C[C@H](OC(=O)c1ccccc1-n1cnnn1)C(=O)Nc1sccc1C(N)=O. The molecule has 1 aromatic carbocycles. The van der Waals surface area contributed by atoms with Gasteiger partial charge in [-0.1, -0.05) is 12.1 Å². The van der Waals surface area contributed by atoms with Gasteiger partial charge in [-0.25, -0.2) is 4.79 Å². The molecule has 11 heteroatoms. The molecule has 0 unspecified atom stereocenters. The molecule has 0 aliphatic rings. The van der Waals surface area contributed by atoms with E-state index in [1.165, 1.54) is 30.1 Å². The van der Waals surface area contributed by atoms with Crippen molar-refractivity contribution >= 4 is 34.1 Å². The number of nitrogens with two attached hydrogens (primary N) is 1. The maximum Gasteiger partial charge on any atom is 0.341 e. The zero-order valence-electron chi connectivity index (χ0n) is 14.0. The van der Waals surface area contributed by atoms with E-state index in [1.807, 2.05) is 0 Å². The number of hydrogen-bond donors (Lipinski definition) is 2. The van der Waals surface area contributed by atoms with Gasteiger partial charge in [0.1, 0.15) is 11.3 Å². The minimum absolute atomic E-state index is 0.191. The number of primary amides is 1. The summed E-state index contributed by atoms with van der Waals surface area (Å²) >= 11 is 1.14. The van der Waals surface area contributed by atoms with Crippen LogP contribution in [0, 0.1) is 0 Å².